The Kier molecular flexibility index (Phi) is 1.88. The second-order valence-corrected chi connectivity index (χ2v) is 3.68. The molecular formula is C13H12O. The highest BCUT2D eigenvalue weighted by molar-refractivity contribution is 6.16. The van der Waals surface area contributed by atoms with E-state index < -0.39 is 0 Å². The number of hydrogen-bond donors (Lipinski definition) is 0. The molecule has 0 bridgehead atoms. The van der Waals surface area contributed by atoms with Crippen molar-refractivity contribution < 1.29 is 4.79 Å². The van der Waals surface area contributed by atoms with Gasteiger partial charge in [0.15, 0.2) is 5.78 Å². The maximum absolute atomic E-state index is 11.9. The van der Waals surface area contributed by atoms with Gasteiger partial charge >= 0.3 is 0 Å². The quantitative estimate of drug-likeness (QED) is 0.605. The van der Waals surface area contributed by atoms with Gasteiger partial charge < -0.3 is 0 Å². The van der Waals surface area contributed by atoms with Gasteiger partial charge in [-0.15, -0.1) is 0 Å². The lowest BCUT2D eigenvalue weighted by Crippen LogP contribution is -2.11. The van der Waals surface area contributed by atoms with E-state index >= 15 is 0 Å². The van der Waals surface area contributed by atoms with Gasteiger partial charge in [-0.25, -0.2) is 0 Å². The average Bonchev–Trinajstić information content (AvgIpc) is 2.14. The van der Waals surface area contributed by atoms with Crippen molar-refractivity contribution in [3.63, 3.8) is 0 Å². The van der Waals surface area contributed by atoms with Crippen molar-refractivity contribution in [1.82, 2.24) is 0 Å². The number of ketones is 1. The fourth-order valence-electron chi connectivity index (χ4n) is 1.84. The molecule has 0 unspecified atom stereocenters. The summed E-state index contributed by atoms with van der Waals surface area (Å²) in [5.41, 5.74) is 4.52. The van der Waals surface area contributed by atoms with Crippen LogP contribution in [0.5, 0.6) is 0 Å². The van der Waals surface area contributed by atoms with Gasteiger partial charge in [0, 0.05) is 5.56 Å². The summed E-state index contributed by atoms with van der Waals surface area (Å²) < 4.78 is 0. The fourth-order valence-corrected chi connectivity index (χ4v) is 1.84. The minimum atomic E-state index is 0.130. The molecule has 0 spiro atoms. The number of allylic oxidation sites excluding steroid dienone is 3. The zero-order chi connectivity index (χ0) is 10.3. The predicted molar refractivity (Wildman–Crippen MR) is 58.3 cm³/mol. The summed E-state index contributed by atoms with van der Waals surface area (Å²) in [7, 11) is 0. The van der Waals surface area contributed by atoms with Crippen LogP contribution in [0.15, 0.2) is 36.4 Å². The third-order valence-corrected chi connectivity index (χ3v) is 2.59. The summed E-state index contributed by atoms with van der Waals surface area (Å²) in [6.07, 6.45) is 1.85. The van der Waals surface area contributed by atoms with Crippen LogP contribution in [0.3, 0.4) is 0 Å². The minimum absolute atomic E-state index is 0.130. The molecule has 0 aliphatic heterocycles. The first-order chi connectivity index (χ1) is 6.61. The third-order valence-electron chi connectivity index (χ3n) is 2.59. The predicted octanol–water partition coefficient (Wildman–Crippen LogP) is 3.15. The summed E-state index contributed by atoms with van der Waals surface area (Å²) in [4.78, 5) is 11.9. The monoisotopic (exact) mass is 184 g/mol. The number of aryl methyl sites for hydroxylation is 1. The third kappa shape index (κ3) is 1.13. The Morgan fingerprint density at radius 1 is 1.21 bits per heavy atom. The standard InChI is InChI=1S/C13H12O/c1-8-5-4-6-11-9(2)7-10(3)13(14)12(8)11/h4-7H,2H2,1,3H3. The van der Waals surface area contributed by atoms with Crippen LogP contribution in [0, 0.1) is 6.92 Å². The first kappa shape index (κ1) is 8.95. The first-order valence-corrected chi connectivity index (χ1v) is 4.63. The number of carbonyl (C=O) groups excluding carboxylic acids is 1. The lowest BCUT2D eigenvalue weighted by molar-refractivity contribution is 0.103. The SMILES string of the molecule is C=C1C=C(C)C(=O)c2c(C)cccc21. The van der Waals surface area contributed by atoms with Crippen molar-refractivity contribution in [3.05, 3.63) is 53.1 Å². The largest absolute Gasteiger partial charge is 0.289 e. The molecule has 0 amide bonds. The minimum Gasteiger partial charge on any atom is -0.289 e. The Morgan fingerprint density at radius 3 is 2.64 bits per heavy atom. The molecule has 0 aromatic heterocycles. The van der Waals surface area contributed by atoms with E-state index in [-0.39, 0.29) is 5.78 Å². The Labute approximate surface area is 83.8 Å². The van der Waals surface area contributed by atoms with Gasteiger partial charge in [0.2, 0.25) is 0 Å². The van der Waals surface area contributed by atoms with Crippen LogP contribution >= 0.6 is 0 Å². The van der Waals surface area contributed by atoms with Crippen molar-refractivity contribution in [2.45, 2.75) is 13.8 Å². The first-order valence-electron chi connectivity index (χ1n) is 4.63. The van der Waals surface area contributed by atoms with Crippen LogP contribution in [0.2, 0.25) is 0 Å². The van der Waals surface area contributed by atoms with E-state index in [0.717, 1.165) is 27.8 Å². The summed E-state index contributed by atoms with van der Waals surface area (Å²) in [5.74, 6) is 0.130. The lowest BCUT2D eigenvalue weighted by Gasteiger charge is -2.17. The summed E-state index contributed by atoms with van der Waals surface area (Å²) >= 11 is 0. The van der Waals surface area contributed by atoms with E-state index in [9.17, 15) is 4.79 Å². The van der Waals surface area contributed by atoms with Crippen molar-refractivity contribution in [3.8, 4) is 0 Å². The van der Waals surface area contributed by atoms with E-state index in [2.05, 4.69) is 6.58 Å². The van der Waals surface area contributed by atoms with E-state index in [1.165, 1.54) is 0 Å². The zero-order valence-corrected chi connectivity index (χ0v) is 8.42. The summed E-state index contributed by atoms with van der Waals surface area (Å²) in [6, 6.07) is 5.87. The summed E-state index contributed by atoms with van der Waals surface area (Å²) in [5, 5.41) is 0. The molecule has 0 heterocycles. The van der Waals surface area contributed by atoms with Crippen molar-refractivity contribution >= 4 is 11.4 Å². The number of Topliss-reactive ketones (excluding diaryl/α,β-unsaturated/α-hetero) is 1. The molecule has 1 nitrogen and oxygen atoms in total. The molecule has 0 saturated carbocycles. The fraction of sp³-hybridized carbons (Fsp3) is 0.154. The van der Waals surface area contributed by atoms with E-state index in [1.807, 2.05) is 38.1 Å². The zero-order valence-electron chi connectivity index (χ0n) is 8.42. The second-order valence-electron chi connectivity index (χ2n) is 3.68. The Morgan fingerprint density at radius 2 is 1.93 bits per heavy atom. The molecule has 1 aliphatic rings. The highest BCUT2D eigenvalue weighted by Crippen LogP contribution is 2.29. The molecule has 1 aliphatic carbocycles. The molecule has 70 valence electrons. The number of fused-ring (bicyclic) bond motifs is 1. The van der Waals surface area contributed by atoms with Gasteiger partial charge in [-0.05, 0) is 42.2 Å². The normalized spacial score (nSPS) is 15.1. The summed E-state index contributed by atoms with van der Waals surface area (Å²) in [6.45, 7) is 7.75. The number of carbonyl (C=O) groups is 1. The lowest BCUT2D eigenvalue weighted by atomic mass is 9.86. The molecule has 0 radical (unpaired) electrons. The Hall–Kier alpha value is -1.63. The number of benzene rings is 1. The Balaban J connectivity index is 2.76. The van der Waals surface area contributed by atoms with Crippen molar-refractivity contribution in [2.24, 2.45) is 0 Å². The molecule has 0 saturated heterocycles. The van der Waals surface area contributed by atoms with Crippen molar-refractivity contribution in [2.75, 3.05) is 0 Å². The molecule has 14 heavy (non-hydrogen) atoms. The van der Waals surface area contributed by atoms with Gasteiger partial charge in [0.1, 0.15) is 0 Å². The maximum atomic E-state index is 11.9. The topological polar surface area (TPSA) is 17.1 Å². The van der Waals surface area contributed by atoms with Crippen molar-refractivity contribution in [1.29, 1.82) is 0 Å². The van der Waals surface area contributed by atoms with Gasteiger partial charge in [-0.1, -0.05) is 24.8 Å². The number of hydrogen-bond acceptors (Lipinski definition) is 1. The maximum Gasteiger partial charge on any atom is 0.189 e. The van der Waals surface area contributed by atoms with Crippen LogP contribution in [0.25, 0.3) is 5.57 Å². The van der Waals surface area contributed by atoms with E-state index in [1.54, 1.807) is 0 Å². The van der Waals surface area contributed by atoms with Crippen LogP contribution in [0.4, 0.5) is 0 Å². The average molecular weight is 184 g/mol. The van der Waals surface area contributed by atoms with Crippen LogP contribution in [-0.4, -0.2) is 5.78 Å². The van der Waals surface area contributed by atoms with Gasteiger partial charge in [-0.3, -0.25) is 4.79 Å². The van der Waals surface area contributed by atoms with Crippen LogP contribution in [-0.2, 0) is 0 Å². The molecule has 0 fully saturated rings. The van der Waals surface area contributed by atoms with Crippen LogP contribution in [0.1, 0.15) is 28.4 Å². The van der Waals surface area contributed by atoms with Crippen LogP contribution < -0.4 is 0 Å². The number of rotatable bonds is 0. The van der Waals surface area contributed by atoms with E-state index in [0.29, 0.717) is 0 Å². The highest BCUT2D eigenvalue weighted by Gasteiger charge is 2.20. The smallest absolute Gasteiger partial charge is 0.189 e. The molecule has 1 aromatic carbocycles. The van der Waals surface area contributed by atoms with Gasteiger partial charge in [0.25, 0.3) is 0 Å². The molecule has 2 rings (SSSR count). The van der Waals surface area contributed by atoms with E-state index in [4.69, 9.17) is 0 Å². The highest BCUT2D eigenvalue weighted by atomic mass is 16.1. The van der Waals surface area contributed by atoms with Gasteiger partial charge in [0.05, 0.1) is 0 Å². The molecule has 0 atom stereocenters. The molecule has 1 heteroatoms. The molecular weight excluding hydrogens is 172 g/mol. The second kappa shape index (κ2) is 2.95. The van der Waals surface area contributed by atoms with Gasteiger partial charge in [-0.2, -0.15) is 0 Å². The Bertz CT molecular complexity index is 464. The molecule has 1 aromatic rings. The molecule has 0 N–H and O–H groups in total.